The van der Waals surface area contributed by atoms with Crippen molar-refractivity contribution < 1.29 is 14.3 Å². The molecule has 0 aromatic heterocycles. The van der Waals surface area contributed by atoms with Gasteiger partial charge in [-0.15, -0.1) is 0 Å². The predicted octanol–water partition coefficient (Wildman–Crippen LogP) is 4.65. The molecule has 0 bridgehead atoms. The van der Waals surface area contributed by atoms with Crippen molar-refractivity contribution in [2.75, 3.05) is 33.3 Å². The van der Waals surface area contributed by atoms with Gasteiger partial charge in [-0.25, -0.2) is 4.99 Å². The third-order valence-electron chi connectivity index (χ3n) is 5.87. The number of aliphatic imine (C=N–C) groups is 1. The van der Waals surface area contributed by atoms with E-state index >= 15 is 0 Å². The van der Waals surface area contributed by atoms with Gasteiger partial charge in [0, 0.05) is 31.7 Å². The number of hydrogen-bond acceptors (Lipinski definition) is 5. The number of carbonyl (C=O) groups is 1. The molecule has 3 aromatic carbocycles. The van der Waals surface area contributed by atoms with Crippen molar-refractivity contribution in [3.05, 3.63) is 83.4 Å². The van der Waals surface area contributed by atoms with E-state index in [0.717, 1.165) is 34.1 Å². The van der Waals surface area contributed by atoms with Crippen LogP contribution in [0.25, 0.3) is 0 Å². The summed E-state index contributed by atoms with van der Waals surface area (Å²) in [6.45, 7) is 4.69. The van der Waals surface area contributed by atoms with Gasteiger partial charge >= 0.3 is 0 Å². The zero-order valence-corrected chi connectivity index (χ0v) is 18.2. The summed E-state index contributed by atoms with van der Waals surface area (Å²) in [5.74, 6) is 3.16. The van der Waals surface area contributed by atoms with Crippen molar-refractivity contribution >= 4 is 17.4 Å². The van der Waals surface area contributed by atoms with Crippen LogP contribution in [0.3, 0.4) is 0 Å². The zero-order chi connectivity index (χ0) is 22.1. The molecular weight excluding hydrogens is 402 g/mol. The second-order valence-electron chi connectivity index (χ2n) is 8.02. The topological polar surface area (TPSA) is 54.4 Å². The number of carbonyl (C=O) groups excluding carboxylic acids is 1. The number of para-hydroxylation sites is 1. The molecular formula is C26H25N3O3. The monoisotopic (exact) mass is 427 g/mol. The predicted molar refractivity (Wildman–Crippen MR) is 124 cm³/mol. The van der Waals surface area contributed by atoms with Crippen molar-refractivity contribution in [3.63, 3.8) is 0 Å². The fourth-order valence-electron chi connectivity index (χ4n) is 4.13. The maximum Gasteiger partial charge on any atom is 0.254 e. The molecule has 5 rings (SSSR count). The molecule has 0 atom stereocenters. The molecule has 3 aromatic rings. The summed E-state index contributed by atoms with van der Waals surface area (Å²) < 4.78 is 11.5. The molecule has 32 heavy (non-hydrogen) atoms. The molecule has 2 heterocycles. The molecule has 1 amide bonds. The van der Waals surface area contributed by atoms with Crippen molar-refractivity contribution in [1.82, 2.24) is 9.80 Å². The Morgan fingerprint density at radius 3 is 2.56 bits per heavy atom. The van der Waals surface area contributed by atoms with Gasteiger partial charge in [-0.1, -0.05) is 24.3 Å². The van der Waals surface area contributed by atoms with Crippen molar-refractivity contribution in [1.29, 1.82) is 0 Å². The van der Waals surface area contributed by atoms with E-state index in [1.807, 2.05) is 72.5 Å². The van der Waals surface area contributed by atoms with Gasteiger partial charge in [-0.05, 0) is 55.0 Å². The van der Waals surface area contributed by atoms with Gasteiger partial charge < -0.3 is 19.3 Å². The summed E-state index contributed by atoms with van der Waals surface area (Å²) >= 11 is 0. The number of rotatable bonds is 2. The number of amidine groups is 1. The van der Waals surface area contributed by atoms with Crippen LogP contribution in [-0.2, 0) is 0 Å². The molecule has 1 saturated heterocycles. The van der Waals surface area contributed by atoms with E-state index in [4.69, 9.17) is 14.5 Å². The second-order valence-corrected chi connectivity index (χ2v) is 8.02. The van der Waals surface area contributed by atoms with Crippen LogP contribution in [0, 0.1) is 6.92 Å². The molecule has 2 aliphatic heterocycles. The highest BCUT2D eigenvalue weighted by atomic mass is 16.5. The van der Waals surface area contributed by atoms with Crippen LogP contribution in [-0.4, -0.2) is 54.8 Å². The number of hydrogen-bond donors (Lipinski definition) is 0. The van der Waals surface area contributed by atoms with Crippen LogP contribution < -0.4 is 9.47 Å². The van der Waals surface area contributed by atoms with Crippen molar-refractivity contribution in [3.8, 4) is 17.2 Å². The van der Waals surface area contributed by atoms with E-state index in [2.05, 4.69) is 4.90 Å². The minimum absolute atomic E-state index is 0.0240. The molecule has 0 unspecified atom stereocenters. The Hall–Kier alpha value is -3.80. The van der Waals surface area contributed by atoms with Gasteiger partial charge in [-0.3, -0.25) is 4.79 Å². The standard InChI is InChI=1S/C26H25N3O3/c1-18-10-11-22-24(16-18)32-23-9-4-3-8-21(23)25(27-22)28-12-14-29(15-13-28)26(30)19-6-5-7-20(17-19)31-2/h3-11,16-17H,12-15H2,1-2H3. The van der Waals surface area contributed by atoms with Gasteiger partial charge in [0.2, 0.25) is 0 Å². The number of amides is 1. The first-order valence-corrected chi connectivity index (χ1v) is 10.8. The molecule has 0 N–H and O–H groups in total. The number of benzene rings is 3. The van der Waals surface area contributed by atoms with Gasteiger partial charge in [0.25, 0.3) is 5.91 Å². The van der Waals surface area contributed by atoms with E-state index in [1.54, 1.807) is 13.2 Å². The van der Waals surface area contributed by atoms with Crippen molar-refractivity contribution in [2.45, 2.75) is 6.92 Å². The van der Waals surface area contributed by atoms with Crippen molar-refractivity contribution in [2.24, 2.45) is 4.99 Å². The number of nitrogens with zero attached hydrogens (tertiary/aromatic N) is 3. The lowest BCUT2D eigenvalue weighted by Gasteiger charge is -2.36. The highest BCUT2D eigenvalue weighted by molar-refractivity contribution is 6.04. The lowest BCUT2D eigenvalue weighted by molar-refractivity contribution is 0.0692. The van der Waals surface area contributed by atoms with Crippen LogP contribution >= 0.6 is 0 Å². The normalized spacial score (nSPS) is 15.1. The van der Waals surface area contributed by atoms with Gasteiger partial charge in [0.15, 0.2) is 5.75 Å². The molecule has 2 aliphatic rings. The summed E-state index contributed by atoms with van der Waals surface area (Å²) in [7, 11) is 1.61. The first-order chi connectivity index (χ1) is 15.6. The fourth-order valence-corrected chi connectivity index (χ4v) is 4.13. The summed E-state index contributed by atoms with van der Waals surface area (Å²) in [5.41, 5.74) is 3.56. The molecule has 6 heteroatoms. The molecule has 0 radical (unpaired) electrons. The molecule has 6 nitrogen and oxygen atoms in total. The number of fused-ring (bicyclic) bond motifs is 2. The maximum absolute atomic E-state index is 13.0. The van der Waals surface area contributed by atoms with E-state index < -0.39 is 0 Å². The summed E-state index contributed by atoms with van der Waals surface area (Å²) in [6, 6.07) is 21.4. The van der Waals surface area contributed by atoms with Gasteiger partial charge in [0.05, 0.1) is 12.7 Å². The van der Waals surface area contributed by atoms with Crippen LogP contribution in [0.2, 0.25) is 0 Å². The van der Waals surface area contributed by atoms with E-state index in [9.17, 15) is 4.79 Å². The molecule has 1 fully saturated rings. The van der Waals surface area contributed by atoms with Crippen LogP contribution in [0.4, 0.5) is 5.69 Å². The largest absolute Gasteiger partial charge is 0.497 e. The first-order valence-electron chi connectivity index (χ1n) is 10.8. The van der Waals surface area contributed by atoms with E-state index in [0.29, 0.717) is 37.5 Å². The Labute approximate surface area is 187 Å². The summed E-state index contributed by atoms with van der Waals surface area (Å²) in [6.07, 6.45) is 0. The number of aryl methyl sites for hydroxylation is 1. The zero-order valence-electron chi connectivity index (χ0n) is 18.2. The highest BCUT2D eigenvalue weighted by Gasteiger charge is 2.28. The SMILES string of the molecule is COc1cccc(C(=O)N2CCN(C3=Nc4ccc(C)cc4Oc4ccccc43)CC2)c1. The lowest BCUT2D eigenvalue weighted by atomic mass is 10.1. The first kappa shape index (κ1) is 20.1. The van der Waals surface area contributed by atoms with Gasteiger partial charge in [0.1, 0.15) is 23.0 Å². The third kappa shape index (κ3) is 3.80. The summed E-state index contributed by atoms with van der Waals surface area (Å²) in [4.78, 5) is 22.1. The smallest absolute Gasteiger partial charge is 0.254 e. The second kappa shape index (κ2) is 8.38. The van der Waals surface area contributed by atoms with Gasteiger partial charge in [-0.2, -0.15) is 0 Å². The van der Waals surface area contributed by atoms with Crippen LogP contribution in [0.15, 0.2) is 71.7 Å². The molecule has 0 spiro atoms. The minimum Gasteiger partial charge on any atom is -0.497 e. The highest BCUT2D eigenvalue weighted by Crippen LogP contribution is 2.38. The molecule has 0 aliphatic carbocycles. The lowest BCUT2D eigenvalue weighted by Crippen LogP contribution is -2.50. The van der Waals surface area contributed by atoms with E-state index in [-0.39, 0.29) is 5.91 Å². The van der Waals surface area contributed by atoms with E-state index in [1.165, 1.54) is 0 Å². The Morgan fingerprint density at radius 2 is 1.75 bits per heavy atom. The summed E-state index contributed by atoms with van der Waals surface area (Å²) in [5, 5.41) is 0. The molecule has 0 saturated carbocycles. The number of piperazine rings is 1. The quantitative estimate of drug-likeness (QED) is 0.598. The average Bonchev–Trinajstić information content (AvgIpc) is 3.00. The Morgan fingerprint density at radius 1 is 0.938 bits per heavy atom. The third-order valence-corrected chi connectivity index (χ3v) is 5.87. The Kier molecular flexibility index (Phi) is 5.27. The minimum atomic E-state index is 0.0240. The average molecular weight is 428 g/mol. The van der Waals surface area contributed by atoms with Crippen LogP contribution in [0.5, 0.6) is 17.2 Å². The Bertz CT molecular complexity index is 1200. The fraction of sp³-hybridized carbons (Fsp3) is 0.231. The number of methoxy groups -OCH3 is 1. The molecule has 162 valence electrons. The maximum atomic E-state index is 13.0. The number of ether oxygens (including phenoxy) is 2. The Balaban J connectivity index is 1.39. The van der Waals surface area contributed by atoms with Crippen LogP contribution in [0.1, 0.15) is 21.5 Å².